The van der Waals surface area contributed by atoms with E-state index in [9.17, 15) is 23.1 Å². The first-order valence-corrected chi connectivity index (χ1v) is 9.30. The summed E-state index contributed by atoms with van der Waals surface area (Å²) >= 11 is 1.38. The number of carbonyl (C=O) groups is 1. The molecule has 0 fully saturated rings. The highest BCUT2D eigenvalue weighted by Crippen LogP contribution is 2.37. The monoisotopic (exact) mass is 414 g/mol. The van der Waals surface area contributed by atoms with Gasteiger partial charge in [0.25, 0.3) is 5.91 Å². The molecule has 0 unspecified atom stereocenters. The van der Waals surface area contributed by atoms with Crippen molar-refractivity contribution in [2.75, 3.05) is 5.32 Å². The Bertz CT molecular complexity index is 1190. The van der Waals surface area contributed by atoms with Crippen LogP contribution in [-0.2, 0) is 6.18 Å². The van der Waals surface area contributed by atoms with E-state index in [-0.39, 0.29) is 11.3 Å². The molecule has 4 aromatic rings. The van der Waals surface area contributed by atoms with Crippen LogP contribution >= 0.6 is 11.3 Å². The number of amides is 1. The summed E-state index contributed by atoms with van der Waals surface area (Å²) in [6, 6.07) is 16.1. The summed E-state index contributed by atoms with van der Waals surface area (Å²) in [7, 11) is 0. The van der Waals surface area contributed by atoms with Crippen LogP contribution in [-0.4, -0.2) is 16.0 Å². The lowest BCUT2D eigenvalue weighted by atomic mass is 10.1. The fraction of sp³-hybridized carbons (Fsp3) is 0.0476. The molecule has 8 heteroatoms. The Morgan fingerprint density at radius 2 is 1.79 bits per heavy atom. The molecular weight excluding hydrogens is 401 g/mol. The van der Waals surface area contributed by atoms with E-state index in [1.54, 1.807) is 6.07 Å². The van der Waals surface area contributed by atoms with Crippen LogP contribution in [0.3, 0.4) is 0 Å². The lowest BCUT2D eigenvalue weighted by molar-refractivity contribution is -0.137. The second-order valence-electron chi connectivity index (χ2n) is 6.25. The van der Waals surface area contributed by atoms with Crippen LogP contribution < -0.4 is 5.32 Å². The van der Waals surface area contributed by atoms with Gasteiger partial charge in [-0.2, -0.15) is 13.2 Å². The van der Waals surface area contributed by atoms with Crippen molar-refractivity contribution in [1.29, 1.82) is 0 Å². The van der Waals surface area contributed by atoms with Crippen molar-refractivity contribution in [2.45, 2.75) is 6.18 Å². The molecule has 1 aromatic heterocycles. The molecule has 0 spiro atoms. The predicted molar refractivity (Wildman–Crippen MR) is 106 cm³/mol. The van der Waals surface area contributed by atoms with Crippen molar-refractivity contribution in [2.24, 2.45) is 0 Å². The minimum Gasteiger partial charge on any atom is -0.507 e. The maximum atomic E-state index is 12.9. The van der Waals surface area contributed by atoms with Gasteiger partial charge >= 0.3 is 6.18 Å². The molecule has 4 nitrogen and oxygen atoms in total. The molecule has 1 heterocycles. The third kappa shape index (κ3) is 3.93. The summed E-state index contributed by atoms with van der Waals surface area (Å²) < 4.78 is 39.5. The number of hydrogen-bond donors (Lipinski definition) is 2. The highest BCUT2D eigenvalue weighted by Gasteiger charge is 2.30. The molecule has 0 aliphatic rings. The molecule has 29 heavy (non-hydrogen) atoms. The van der Waals surface area contributed by atoms with Gasteiger partial charge in [-0.3, -0.25) is 4.79 Å². The number of halogens is 3. The zero-order valence-corrected chi connectivity index (χ0v) is 15.5. The van der Waals surface area contributed by atoms with Crippen LogP contribution in [0.2, 0.25) is 0 Å². The van der Waals surface area contributed by atoms with E-state index in [2.05, 4.69) is 10.3 Å². The van der Waals surface area contributed by atoms with Crippen LogP contribution in [0.4, 0.5) is 18.9 Å². The number of aromatic nitrogens is 1. The van der Waals surface area contributed by atoms with Crippen LogP contribution in [0, 0.1) is 0 Å². The van der Waals surface area contributed by atoms with E-state index >= 15 is 0 Å². The minimum atomic E-state index is -4.53. The lowest BCUT2D eigenvalue weighted by Gasteiger charge is -2.10. The summed E-state index contributed by atoms with van der Waals surface area (Å²) in [6.07, 6.45) is -4.53. The number of benzene rings is 3. The fourth-order valence-electron chi connectivity index (χ4n) is 2.81. The summed E-state index contributed by atoms with van der Waals surface area (Å²) in [5.41, 5.74) is 0.526. The molecule has 146 valence electrons. The number of thiazole rings is 1. The molecule has 2 N–H and O–H groups in total. The number of fused-ring (bicyclic) bond motifs is 1. The zero-order chi connectivity index (χ0) is 20.6. The number of nitrogens with one attached hydrogen (secondary N) is 1. The fourth-order valence-corrected chi connectivity index (χ4v) is 3.80. The zero-order valence-electron chi connectivity index (χ0n) is 14.7. The van der Waals surface area contributed by atoms with Gasteiger partial charge in [0.05, 0.1) is 21.3 Å². The Balaban J connectivity index is 1.63. The average molecular weight is 414 g/mol. The van der Waals surface area contributed by atoms with E-state index in [0.717, 1.165) is 22.3 Å². The molecule has 0 saturated carbocycles. The van der Waals surface area contributed by atoms with E-state index in [4.69, 9.17) is 0 Å². The van der Waals surface area contributed by atoms with Gasteiger partial charge in [0.15, 0.2) is 0 Å². The maximum Gasteiger partial charge on any atom is 0.416 e. The van der Waals surface area contributed by atoms with E-state index < -0.39 is 17.6 Å². The molecule has 0 bridgehead atoms. The number of phenolic OH excluding ortho intramolecular Hbond substituents is 1. The number of anilines is 1. The Hall–Kier alpha value is -3.39. The highest BCUT2D eigenvalue weighted by atomic mass is 32.1. The first kappa shape index (κ1) is 18.9. The second-order valence-corrected chi connectivity index (χ2v) is 7.28. The smallest absolute Gasteiger partial charge is 0.416 e. The lowest BCUT2D eigenvalue weighted by Crippen LogP contribution is -2.14. The number of aromatic hydroxyl groups is 1. The Morgan fingerprint density at radius 1 is 1.00 bits per heavy atom. The van der Waals surface area contributed by atoms with Gasteiger partial charge in [0, 0.05) is 11.3 Å². The molecule has 0 aliphatic carbocycles. The number of para-hydroxylation sites is 1. The molecule has 0 saturated heterocycles. The van der Waals surface area contributed by atoms with Crippen molar-refractivity contribution in [1.82, 2.24) is 4.98 Å². The number of carbonyl (C=O) groups excluding carboxylic acids is 1. The van der Waals surface area contributed by atoms with Crippen LogP contribution in [0.5, 0.6) is 5.75 Å². The quantitative estimate of drug-likeness (QED) is 0.408. The van der Waals surface area contributed by atoms with Crippen molar-refractivity contribution in [3.63, 3.8) is 0 Å². The maximum absolute atomic E-state index is 12.9. The van der Waals surface area contributed by atoms with Gasteiger partial charge in [-0.05, 0) is 48.5 Å². The second kappa shape index (κ2) is 7.21. The third-order valence-electron chi connectivity index (χ3n) is 4.23. The van der Waals surface area contributed by atoms with Gasteiger partial charge < -0.3 is 10.4 Å². The van der Waals surface area contributed by atoms with Gasteiger partial charge in [0.1, 0.15) is 10.8 Å². The Kier molecular flexibility index (Phi) is 4.71. The van der Waals surface area contributed by atoms with Gasteiger partial charge in [0.2, 0.25) is 0 Å². The van der Waals surface area contributed by atoms with Gasteiger partial charge in [-0.1, -0.05) is 18.2 Å². The van der Waals surface area contributed by atoms with Gasteiger partial charge in [-0.25, -0.2) is 4.98 Å². The summed E-state index contributed by atoms with van der Waals surface area (Å²) in [5.74, 6) is -0.696. The van der Waals surface area contributed by atoms with Crippen molar-refractivity contribution in [3.8, 4) is 16.3 Å². The normalized spacial score (nSPS) is 11.6. The van der Waals surface area contributed by atoms with Crippen molar-refractivity contribution < 1.29 is 23.1 Å². The van der Waals surface area contributed by atoms with Crippen LogP contribution in [0.1, 0.15) is 15.9 Å². The van der Waals surface area contributed by atoms with Crippen LogP contribution in [0.15, 0.2) is 66.7 Å². The number of alkyl halides is 3. The standard InChI is InChI=1S/C21H13F3N2O2S/c22-21(23,24)13-5-3-4-12(10-13)19(28)25-14-8-9-17(27)15(11-14)20-26-16-6-1-2-7-18(16)29-20/h1-11,27H,(H,25,28). The van der Waals surface area contributed by atoms with Crippen molar-refractivity contribution in [3.05, 3.63) is 77.9 Å². The largest absolute Gasteiger partial charge is 0.507 e. The van der Waals surface area contributed by atoms with Gasteiger partial charge in [-0.15, -0.1) is 11.3 Å². The first-order chi connectivity index (χ1) is 13.8. The summed E-state index contributed by atoms with van der Waals surface area (Å²) in [6.45, 7) is 0. The SMILES string of the molecule is O=C(Nc1ccc(O)c(-c2nc3ccccc3s2)c1)c1cccc(C(F)(F)F)c1. The summed E-state index contributed by atoms with van der Waals surface area (Å²) in [4.78, 5) is 16.9. The number of rotatable bonds is 3. The predicted octanol–water partition coefficient (Wildman–Crippen LogP) is 5.94. The first-order valence-electron chi connectivity index (χ1n) is 8.49. The topological polar surface area (TPSA) is 62.2 Å². The molecule has 4 rings (SSSR count). The number of hydrogen-bond acceptors (Lipinski definition) is 4. The van der Waals surface area contributed by atoms with E-state index in [0.29, 0.717) is 16.3 Å². The average Bonchev–Trinajstić information content (AvgIpc) is 3.13. The molecular formula is C21H13F3N2O2S. The third-order valence-corrected chi connectivity index (χ3v) is 5.30. The van der Waals surface area contributed by atoms with E-state index in [1.165, 1.54) is 35.6 Å². The Labute approximate surface area is 167 Å². The molecule has 0 aliphatic heterocycles. The molecule has 1 amide bonds. The molecule has 0 radical (unpaired) electrons. The van der Waals surface area contributed by atoms with E-state index in [1.807, 2.05) is 24.3 Å². The molecule has 0 atom stereocenters. The summed E-state index contributed by atoms with van der Waals surface area (Å²) in [5, 5.41) is 13.4. The number of nitrogens with zero attached hydrogens (tertiary/aromatic N) is 1. The van der Waals surface area contributed by atoms with Crippen molar-refractivity contribution >= 4 is 33.1 Å². The van der Waals surface area contributed by atoms with Crippen LogP contribution in [0.25, 0.3) is 20.8 Å². The Morgan fingerprint density at radius 3 is 2.55 bits per heavy atom. The minimum absolute atomic E-state index is 0.0128. The molecule has 3 aromatic carbocycles. The highest BCUT2D eigenvalue weighted by molar-refractivity contribution is 7.21. The number of phenols is 1.